The van der Waals surface area contributed by atoms with E-state index < -0.39 is 0 Å². The number of nitrogens with two attached hydrogens (primary N) is 1. The van der Waals surface area contributed by atoms with Crippen molar-refractivity contribution in [3.8, 4) is 11.1 Å². The number of primary amides is 1. The van der Waals surface area contributed by atoms with Gasteiger partial charge in [-0.05, 0) is 25.8 Å². The molecule has 2 heterocycles. The van der Waals surface area contributed by atoms with Crippen molar-refractivity contribution >= 4 is 5.91 Å². The zero-order valence-electron chi connectivity index (χ0n) is 15.1. The summed E-state index contributed by atoms with van der Waals surface area (Å²) in [4.78, 5) is 14.5. The minimum atomic E-state index is -0.355. The Morgan fingerprint density at radius 2 is 1.76 bits per heavy atom. The average molecular weight is 341 g/mol. The Bertz CT molecular complexity index is 731. The first-order valence-corrected chi connectivity index (χ1v) is 8.94. The van der Waals surface area contributed by atoms with Crippen LogP contribution >= 0.6 is 0 Å². The molecule has 1 aliphatic heterocycles. The summed E-state index contributed by atoms with van der Waals surface area (Å²) in [6.07, 6.45) is 1.04. The van der Waals surface area contributed by atoms with Gasteiger partial charge in [0.25, 0.3) is 5.91 Å². The maximum absolute atomic E-state index is 12.1. The van der Waals surface area contributed by atoms with E-state index in [0.29, 0.717) is 5.56 Å². The van der Waals surface area contributed by atoms with Gasteiger partial charge in [-0.3, -0.25) is 9.69 Å². The van der Waals surface area contributed by atoms with Crippen molar-refractivity contribution in [3.05, 3.63) is 47.3 Å². The molecule has 0 atom stereocenters. The summed E-state index contributed by atoms with van der Waals surface area (Å²) in [5.41, 5.74) is 10.4. The Labute approximate surface area is 149 Å². The monoisotopic (exact) mass is 341 g/mol. The van der Waals surface area contributed by atoms with E-state index in [1.807, 2.05) is 37.3 Å². The molecular weight excluding hydrogens is 314 g/mol. The highest BCUT2D eigenvalue weighted by atomic mass is 16.5. The van der Waals surface area contributed by atoms with Gasteiger partial charge in [-0.1, -0.05) is 30.3 Å². The minimum absolute atomic E-state index is 0.355. The van der Waals surface area contributed by atoms with Crippen LogP contribution in [0.2, 0.25) is 0 Å². The van der Waals surface area contributed by atoms with Gasteiger partial charge in [-0.25, -0.2) is 0 Å². The minimum Gasteiger partial charge on any atom is -0.379 e. The molecule has 1 fully saturated rings. The molecule has 1 amide bonds. The molecule has 0 radical (unpaired) electrons. The quantitative estimate of drug-likeness (QED) is 0.878. The molecular formula is C20H27N3O2. The first-order chi connectivity index (χ1) is 12.1. The van der Waals surface area contributed by atoms with Gasteiger partial charge in [-0.2, -0.15) is 0 Å². The number of hydrogen-bond donors (Lipinski definition) is 1. The molecule has 0 aliphatic carbocycles. The summed E-state index contributed by atoms with van der Waals surface area (Å²) in [5.74, 6) is -0.355. The Morgan fingerprint density at radius 3 is 2.40 bits per heavy atom. The average Bonchev–Trinajstić information content (AvgIpc) is 2.88. The third-order valence-corrected chi connectivity index (χ3v) is 5.05. The Hall–Kier alpha value is -2.11. The predicted octanol–water partition coefficient (Wildman–Crippen LogP) is 2.59. The molecule has 0 unspecified atom stereocenters. The predicted molar refractivity (Wildman–Crippen MR) is 99.7 cm³/mol. The second kappa shape index (κ2) is 7.85. The SMILES string of the molecule is Cc1c(C(N)=O)c(-c2ccccc2)c(C)n1CCCN1CCOCC1. The molecule has 5 nitrogen and oxygen atoms in total. The fourth-order valence-electron chi connectivity index (χ4n) is 3.76. The number of aromatic nitrogens is 1. The van der Waals surface area contributed by atoms with Gasteiger partial charge in [0.2, 0.25) is 0 Å². The summed E-state index contributed by atoms with van der Waals surface area (Å²) >= 11 is 0. The van der Waals surface area contributed by atoms with E-state index >= 15 is 0 Å². The standard InChI is InChI=1S/C20H27N3O2/c1-15-18(17-7-4-3-5-8-17)19(20(21)24)16(2)23(15)10-6-9-22-11-13-25-14-12-22/h3-5,7-8H,6,9-14H2,1-2H3,(H2,21,24). The number of benzene rings is 1. The number of nitrogens with zero attached hydrogens (tertiary/aromatic N) is 2. The molecule has 1 aliphatic rings. The lowest BCUT2D eigenvalue weighted by atomic mass is 10.0. The Morgan fingerprint density at radius 1 is 1.08 bits per heavy atom. The maximum atomic E-state index is 12.1. The van der Waals surface area contributed by atoms with Gasteiger partial charge in [0, 0.05) is 43.1 Å². The molecule has 25 heavy (non-hydrogen) atoms. The molecule has 2 N–H and O–H groups in total. The number of hydrogen-bond acceptors (Lipinski definition) is 3. The molecule has 0 saturated carbocycles. The number of ether oxygens (including phenoxy) is 1. The number of rotatable bonds is 6. The lowest BCUT2D eigenvalue weighted by Gasteiger charge is -2.26. The molecule has 134 valence electrons. The van der Waals surface area contributed by atoms with E-state index in [1.165, 1.54) is 0 Å². The van der Waals surface area contributed by atoms with E-state index in [4.69, 9.17) is 10.5 Å². The maximum Gasteiger partial charge on any atom is 0.251 e. The highest BCUT2D eigenvalue weighted by Gasteiger charge is 2.22. The van der Waals surface area contributed by atoms with Crippen molar-refractivity contribution < 1.29 is 9.53 Å². The Balaban J connectivity index is 1.83. The normalized spacial score (nSPS) is 15.4. The molecule has 1 saturated heterocycles. The van der Waals surface area contributed by atoms with Crippen LogP contribution in [-0.2, 0) is 11.3 Å². The van der Waals surface area contributed by atoms with Crippen molar-refractivity contribution in [1.82, 2.24) is 9.47 Å². The highest BCUT2D eigenvalue weighted by molar-refractivity contribution is 6.02. The second-order valence-electron chi connectivity index (χ2n) is 6.61. The van der Waals surface area contributed by atoms with Crippen molar-refractivity contribution in [2.75, 3.05) is 32.8 Å². The van der Waals surface area contributed by atoms with Crippen molar-refractivity contribution in [2.24, 2.45) is 5.73 Å². The van der Waals surface area contributed by atoms with Crippen molar-refractivity contribution in [1.29, 1.82) is 0 Å². The molecule has 0 bridgehead atoms. The third kappa shape index (κ3) is 3.78. The van der Waals surface area contributed by atoms with Crippen LogP contribution in [0.5, 0.6) is 0 Å². The number of morpholine rings is 1. The number of amides is 1. The first kappa shape index (κ1) is 17.7. The molecule has 5 heteroatoms. The fraction of sp³-hybridized carbons (Fsp3) is 0.450. The van der Waals surface area contributed by atoms with Crippen LogP contribution in [0.25, 0.3) is 11.1 Å². The van der Waals surface area contributed by atoms with Crippen LogP contribution in [0.4, 0.5) is 0 Å². The number of carbonyl (C=O) groups is 1. The summed E-state index contributed by atoms with van der Waals surface area (Å²) in [5, 5.41) is 0. The van der Waals surface area contributed by atoms with Gasteiger partial charge in [0.15, 0.2) is 0 Å². The molecule has 2 aromatic rings. The van der Waals surface area contributed by atoms with Crippen LogP contribution in [0, 0.1) is 13.8 Å². The van der Waals surface area contributed by atoms with E-state index in [1.54, 1.807) is 0 Å². The van der Waals surface area contributed by atoms with Crippen LogP contribution in [0.1, 0.15) is 28.2 Å². The second-order valence-corrected chi connectivity index (χ2v) is 6.61. The summed E-state index contributed by atoms with van der Waals surface area (Å²) in [6, 6.07) is 10.0. The van der Waals surface area contributed by atoms with Crippen LogP contribution in [0.15, 0.2) is 30.3 Å². The van der Waals surface area contributed by atoms with E-state index in [9.17, 15) is 4.79 Å². The molecule has 3 rings (SSSR count). The van der Waals surface area contributed by atoms with E-state index in [-0.39, 0.29) is 5.91 Å². The molecule has 1 aromatic carbocycles. The lowest BCUT2D eigenvalue weighted by Crippen LogP contribution is -2.37. The summed E-state index contributed by atoms with van der Waals surface area (Å²) in [7, 11) is 0. The zero-order valence-corrected chi connectivity index (χ0v) is 15.1. The third-order valence-electron chi connectivity index (χ3n) is 5.05. The van der Waals surface area contributed by atoms with E-state index in [2.05, 4.69) is 16.4 Å². The van der Waals surface area contributed by atoms with E-state index in [0.717, 1.165) is 68.3 Å². The molecule has 1 aromatic heterocycles. The zero-order chi connectivity index (χ0) is 17.8. The fourth-order valence-corrected chi connectivity index (χ4v) is 3.76. The lowest BCUT2D eigenvalue weighted by molar-refractivity contribution is 0.0369. The molecule has 0 spiro atoms. The summed E-state index contributed by atoms with van der Waals surface area (Å²) < 4.78 is 7.64. The number of carbonyl (C=O) groups excluding carboxylic acids is 1. The van der Waals surface area contributed by atoms with Crippen LogP contribution in [0.3, 0.4) is 0 Å². The van der Waals surface area contributed by atoms with Gasteiger partial charge in [0.05, 0.1) is 18.8 Å². The van der Waals surface area contributed by atoms with Crippen LogP contribution in [-0.4, -0.2) is 48.2 Å². The van der Waals surface area contributed by atoms with Crippen molar-refractivity contribution in [3.63, 3.8) is 0 Å². The summed E-state index contributed by atoms with van der Waals surface area (Å²) in [6.45, 7) is 9.67. The van der Waals surface area contributed by atoms with Crippen molar-refractivity contribution in [2.45, 2.75) is 26.8 Å². The van der Waals surface area contributed by atoms with Gasteiger partial charge < -0.3 is 15.0 Å². The largest absolute Gasteiger partial charge is 0.379 e. The first-order valence-electron chi connectivity index (χ1n) is 8.94. The highest BCUT2D eigenvalue weighted by Crippen LogP contribution is 2.32. The van der Waals surface area contributed by atoms with Gasteiger partial charge in [0.1, 0.15) is 0 Å². The smallest absolute Gasteiger partial charge is 0.251 e. The van der Waals surface area contributed by atoms with Gasteiger partial charge in [-0.15, -0.1) is 0 Å². The Kier molecular flexibility index (Phi) is 5.56. The van der Waals surface area contributed by atoms with Crippen LogP contribution < -0.4 is 5.73 Å². The topological polar surface area (TPSA) is 60.5 Å². The van der Waals surface area contributed by atoms with Gasteiger partial charge >= 0.3 is 0 Å².